The number of aromatic nitrogens is 2. The van der Waals surface area contributed by atoms with Crippen molar-refractivity contribution in [2.24, 2.45) is 5.92 Å². The monoisotopic (exact) mass is 397 g/mol. The molecular weight excluding hydrogens is 370 g/mol. The summed E-state index contributed by atoms with van der Waals surface area (Å²) >= 11 is 1.51. The first-order valence-corrected chi connectivity index (χ1v) is 10.5. The normalized spacial score (nSPS) is 12.5. The molecular formula is C22H27N3O2S. The number of carbonyl (C=O) groups is 1. The van der Waals surface area contributed by atoms with Crippen LogP contribution in [0.15, 0.2) is 41.5 Å². The van der Waals surface area contributed by atoms with Crippen LogP contribution in [0.5, 0.6) is 0 Å². The first kappa shape index (κ1) is 20.3. The van der Waals surface area contributed by atoms with Gasteiger partial charge in [-0.25, -0.2) is 4.98 Å². The molecule has 0 aliphatic heterocycles. The van der Waals surface area contributed by atoms with Gasteiger partial charge in [0.15, 0.2) is 0 Å². The zero-order valence-corrected chi connectivity index (χ0v) is 17.7. The van der Waals surface area contributed by atoms with Gasteiger partial charge in [-0.15, -0.1) is 11.3 Å². The highest BCUT2D eigenvalue weighted by molar-refractivity contribution is 7.22. The maximum atomic E-state index is 13.0. The van der Waals surface area contributed by atoms with Gasteiger partial charge < -0.3 is 5.32 Å². The molecule has 1 N–H and O–H groups in total. The molecule has 0 saturated heterocycles. The Labute approximate surface area is 169 Å². The standard InChI is InChI=1S/C22H27N3O2S/c1-14(2)10-11-15(3)24-18(26)12-25-13-23-21-19(22(25)27)16(4)20(28-21)17-8-6-5-7-9-17/h5-9,13-15H,10-12H2,1-4H3,(H,24,26)/t15-/m0/s1. The Morgan fingerprint density at radius 2 is 1.89 bits per heavy atom. The third-order valence-electron chi connectivity index (χ3n) is 4.85. The minimum absolute atomic E-state index is 0.0102. The van der Waals surface area contributed by atoms with Crippen LogP contribution < -0.4 is 10.9 Å². The van der Waals surface area contributed by atoms with Gasteiger partial charge in [0, 0.05) is 10.9 Å². The molecule has 3 rings (SSSR count). The zero-order valence-electron chi connectivity index (χ0n) is 16.9. The smallest absolute Gasteiger partial charge is 0.262 e. The number of amides is 1. The van der Waals surface area contributed by atoms with Gasteiger partial charge >= 0.3 is 0 Å². The molecule has 0 spiro atoms. The van der Waals surface area contributed by atoms with Crippen molar-refractivity contribution in [1.29, 1.82) is 0 Å². The SMILES string of the molecule is Cc1c(-c2ccccc2)sc2ncn(CC(=O)N[C@@H](C)CCC(C)C)c(=O)c12. The van der Waals surface area contributed by atoms with Crippen molar-refractivity contribution < 1.29 is 4.79 Å². The Hall–Kier alpha value is -2.47. The van der Waals surface area contributed by atoms with E-state index >= 15 is 0 Å². The molecule has 1 atom stereocenters. The summed E-state index contributed by atoms with van der Waals surface area (Å²) in [6.07, 6.45) is 3.47. The van der Waals surface area contributed by atoms with Crippen LogP contribution in [0.2, 0.25) is 0 Å². The van der Waals surface area contributed by atoms with Crippen molar-refractivity contribution in [3.05, 3.63) is 52.6 Å². The molecule has 0 aliphatic carbocycles. The van der Waals surface area contributed by atoms with Crippen LogP contribution in [-0.4, -0.2) is 21.5 Å². The van der Waals surface area contributed by atoms with Crippen molar-refractivity contribution in [3.8, 4) is 10.4 Å². The van der Waals surface area contributed by atoms with E-state index in [9.17, 15) is 9.59 Å². The van der Waals surface area contributed by atoms with Crippen LogP contribution in [0.25, 0.3) is 20.7 Å². The Morgan fingerprint density at radius 3 is 2.57 bits per heavy atom. The van der Waals surface area contributed by atoms with Crippen LogP contribution in [-0.2, 0) is 11.3 Å². The van der Waals surface area contributed by atoms with E-state index in [4.69, 9.17) is 0 Å². The Kier molecular flexibility index (Phi) is 6.29. The summed E-state index contributed by atoms with van der Waals surface area (Å²) in [5.41, 5.74) is 1.83. The topological polar surface area (TPSA) is 64.0 Å². The number of nitrogens with zero attached hydrogens (tertiary/aromatic N) is 2. The number of fused-ring (bicyclic) bond motifs is 1. The number of carbonyl (C=O) groups excluding carboxylic acids is 1. The highest BCUT2D eigenvalue weighted by Crippen LogP contribution is 2.35. The Bertz CT molecular complexity index is 1020. The largest absolute Gasteiger partial charge is 0.352 e. The summed E-state index contributed by atoms with van der Waals surface area (Å²) in [5.74, 6) is 0.449. The van der Waals surface area contributed by atoms with Crippen LogP contribution in [0.3, 0.4) is 0 Å². The van der Waals surface area contributed by atoms with Gasteiger partial charge in [-0.3, -0.25) is 14.2 Å². The second-order valence-electron chi connectivity index (χ2n) is 7.72. The zero-order chi connectivity index (χ0) is 20.3. The maximum absolute atomic E-state index is 13.0. The number of rotatable bonds is 7. The summed E-state index contributed by atoms with van der Waals surface area (Å²) in [6, 6.07) is 10.1. The fraction of sp³-hybridized carbons (Fsp3) is 0.409. The molecule has 5 nitrogen and oxygen atoms in total. The lowest BCUT2D eigenvalue weighted by molar-refractivity contribution is -0.122. The maximum Gasteiger partial charge on any atom is 0.262 e. The highest BCUT2D eigenvalue weighted by Gasteiger charge is 2.17. The van der Waals surface area contributed by atoms with E-state index in [-0.39, 0.29) is 24.1 Å². The predicted molar refractivity (Wildman–Crippen MR) is 116 cm³/mol. The second kappa shape index (κ2) is 8.69. The fourth-order valence-corrected chi connectivity index (χ4v) is 4.41. The van der Waals surface area contributed by atoms with E-state index in [0.717, 1.165) is 28.8 Å². The summed E-state index contributed by atoms with van der Waals surface area (Å²) < 4.78 is 1.40. The van der Waals surface area contributed by atoms with Gasteiger partial charge in [-0.1, -0.05) is 44.2 Å². The van der Waals surface area contributed by atoms with E-state index in [0.29, 0.717) is 16.1 Å². The number of nitrogens with one attached hydrogen (secondary N) is 1. The molecule has 0 unspecified atom stereocenters. The first-order chi connectivity index (χ1) is 13.4. The van der Waals surface area contributed by atoms with Gasteiger partial charge in [0.1, 0.15) is 11.4 Å². The molecule has 28 heavy (non-hydrogen) atoms. The molecule has 1 aromatic carbocycles. The first-order valence-electron chi connectivity index (χ1n) is 9.70. The van der Waals surface area contributed by atoms with Gasteiger partial charge in [-0.05, 0) is 43.7 Å². The van der Waals surface area contributed by atoms with Crippen LogP contribution in [0, 0.1) is 12.8 Å². The minimum atomic E-state index is -0.161. The average molecular weight is 398 g/mol. The molecule has 6 heteroatoms. The summed E-state index contributed by atoms with van der Waals surface area (Å²) in [7, 11) is 0. The van der Waals surface area contributed by atoms with Crippen molar-refractivity contribution in [1.82, 2.24) is 14.9 Å². The van der Waals surface area contributed by atoms with Crippen LogP contribution in [0.4, 0.5) is 0 Å². The summed E-state index contributed by atoms with van der Waals surface area (Å²) in [5, 5.41) is 3.58. The van der Waals surface area contributed by atoms with E-state index in [1.54, 1.807) is 0 Å². The second-order valence-corrected chi connectivity index (χ2v) is 8.72. The number of aryl methyl sites for hydroxylation is 1. The van der Waals surface area contributed by atoms with Gasteiger partial charge in [0.25, 0.3) is 5.56 Å². The number of hydrogen-bond donors (Lipinski definition) is 1. The minimum Gasteiger partial charge on any atom is -0.352 e. The Balaban J connectivity index is 1.82. The van der Waals surface area contributed by atoms with E-state index in [2.05, 4.69) is 24.1 Å². The van der Waals surface area contributed by atoms with Crippen molar-refractivity contribution in [2.75, 3.05) is 0 Å². The van der Waals surface area contributed by atoms with Crippen LogP contribution >= 0.6 is 11.3 Å². The molecule has 0 fully saturated rings. The Morgan fingerprint density at radius 1 is 1.18 bits per heavy atom. The lowest BCUT2D eigenvalue weighted by Gasteiger charge is -2.15. The van der Waals surface area contributed by atoms with E-state index < -0.39 is 0 Å². The average Bonchev–Trinajstić information content (AvgIpc) is 3.00. The molecule has 0 radical (unpaired) electrons. The third-order valence-corrected chi connectivity index (χ3v) is 6.10. The van der Waals surface area contributed by atoms with E-state index in [1.165, 1.54) is 22.2 Å². The van der Waals surface area contributed by atoms with E-state index in [1.807, 2.05) is 44.2 Å². The predicted octanol–water partition coefficient (Wildman–Crippen LogP) is 4.37. The molecule has 0 saturated carbocycles. The van der Waals surface area contributed by atoms with Crippen molar-refractivity contribution in [2.45, 2.75) is 53.1 Å². The molecule has 2 aromatic heterocycles. The lowest BCUT2D eigenvalue weighted by Crippen LogP contribution is -2.37. The van der Waals surface area contributed by atoms with Gasteiger partial charge in [-0.2, -0.15) is 0 Å². The van der Waals surface area contributed by atoms with Crippen molar-refractivity contribution >= 4 is 27.5 Å². The number of thiophene rings is 1. The molecule has 0 bridgehead atoms. The molecule has 3 aromatic rings. The van der Waals surface area contributed by atoms with Crippen LogP contribution in [0.1, 0.15) is 39.2 Å². The fourth-order valence-electron chi connectivity index (χ4n) is 3.27. The molecule has 1 amide bonds. The third kappa shape index (κ3) is 4.50. The van der Waals surface area contributed by atoms with Gasteiger partial charge in [0.05, 0.1) is 11.7 Å². The van der Waals surface area contributed by atoms with Gasteiger partial charge in [0.2, 0.25) is 5.91 Å². The molecule has 148 valence electrons. The molecule has 2 heterocycles. The molecule has 0 aliphatic rings. The number of benzene rings is 1. The highest BCUT2D eigenvalue weighted by atomic mass is 32.1. The van der Waals surface area contributed by atoms with Crippen molar-refractivity contribution in [3.63, 3.8) is 0 Å². The lowest BCUT2D eigenvalue weighted by atomic mass is 10.0. The quantitative estimate of drug-likeness (QED) is 0.644. The summed E-state index contributed by atoms with van der Waals surface area (Å²) in [4.78, 5) is 31.6. The summed E-state index contributed by atoms with van der Waals surface area (Å²) in [6.45, 7) is 8.27. The number of hydrogen-bond acceptors (Lipinski definition) is 4.